The number of hydrogen-bond acceptors (Lipinski definition) is 1. The molecule has 0 bridgehead atoms. The largest absolute Gasteiger partial charge is 0.295 e. The van der Waals surface area contributed by atoms with E-state index in [1.807, 2.05) is 0 Å². The Kier molecular flexibility index (Phi) is 3.06. The monoisotopic (exact) mass is 298 g/mol. The van der Waals surface area contributed by atoms with Gasteiger partial charge in [-0.3, -0.25) is 4.79 Å². The summed E-state index contributed by atoms with van der Waals surface area (Å²) < 4.78 is 13.3. The minimum atomic E-state index is -0.451. The lowest BCUT2D eigenvalue weighted by Crippen LogP contribution is -1.95. The van der Waals surface area contributed by atoms with Crippen molar-refractivity contribution in [2.45, 2.75) is 6.92 Å². The lowest BCUT2D eigenvalue weighted by molar-refractivity contribution is 0.101. The van der Waals surface area contributed by atoms with Crippen LogP contribution in [0.1, 0.15) is 17.3 Å². The summed E-state index contributed by atoms with van der Waals surface area (Å²) >= 11 is 7.45. The Labute approximate surface area is 88.1 Å². The number of rotatable bonds is 1. The lowest BCUT2D eigenvalue weighted by atomic mass is 10.1. The molecule has 1 nitrogen and oxygen atoms in total. The number of halogens is 3. The summed E-state index contributed by atoms with van der Waals surface area (Å²) in [6.07, 6.45) is 0. The van der Waals surface area contributed by atoms with Gasteiger partial charge in [0.25, 0.3) is 0 Å². The number of carbonyl (C=O) groups is 1. The highest BCUT2D eigenvalue weighted by Gasteiger charge is 2.08. The second-order valence-corrected chi connectivity index (χ2v) is 3.80. The fraction of sp³-hybridized carbons (Fsp3) is 0.125. The zero-order valence-electron chi connectivity index (χ0n) is 6.20. The molecule has 0 N–H and O–H groups in total. The fourth-order valence-electron chi connectivity index (χ4n) is 0.759. The molecule has 1 aromatic carbocycles. The zero-order valence-corrected chi connectivity index (χ0v) is 9.11. The molecule has 0 saturated carbocycles. The first kappa shape index (κ1) is 9.92. The van der Waals surface area contributed by atoms with Crippen LogP contribution in [0.15, 0.2) is 12.1 Å². The van der Waals surface area contributed by atoms with E-state index in [0.29, 0.717) is 9.13 Å². The lowest BCUT2D eigenvalue weighted by Gasteiger charge is -2.00. The highest BCUT2D eigenvalue weighted by Crippen LogP contribution is 2.23. The Bertz CT molecular complexity index is 315. The van der Waals surface area contributed by atoms with Crippen LogP contribution >= 0.6 is 34.2 Å². The second kappa shape index (κ2) is 3.70. The Morgan fingerprint density at radius 2 is 2.17 bits per heavy atom. The molecule has 0 aliphatic heterocycles. The van der Waals surface area contributed by atoms with Crippen LogP contribution in [0.5, 0.6) is 0 Å². The topological polar surface area (TPSA) is 17.1 Å². The van der Waals surface area contributed by atoms with Crippen LogP contribution in [0.4, 0.5) is 4.39 Å². The molecule has 0 unspecified atom stereocenters. The third-order valence-corrected chi connectivity index (χ3v) is 3.10. The van der Waals surface area contributed by atoms with Crippen LogP contribution < -0.4 is 0 Å². The van der Waals surface area contributed by atoms with E-state index in [9.17, 15) is 9.18 Å². The molecule has 0 aliphatic carbocycles. The maximum atomic E-state index is 13.0. The van der Waals surface area contributed by atoms with E-state index in [1.54, 1.807) is 22.6 Å². The molecule has 0 aliphatic rings. The molecule has 0 heterocycles. The minimum absolute atomic E-state index is 0.188. The second-order valence-electron chi connectivity index (χ2n) is 2.31. The summed E-state index contributed by atoms with van der Waals surface area (Å²) in [6, 6.07) is 2.66. The Morgan fingerprint density at radius 3 is 2.58 bits per heavy atom. The van der Waals surface area contributed by atoms with E-state index in [4.69, 9.17) is 11.6 Å². The maximum absolute atomic E-state index is 13.0. The molecule has 0 atom stereocenters. The third-order valence-electron chi connectivity index (χ3n) is 1.39. The van der Waals surface area contributed by atoms with Crippen LogP contribution in [0.2, 0.25) is 5.02 Å². The van der Waals surface area contributed by atoms with Gasteiger partial charge in [-0.1, -0.05) is 11.6 Å². The molecular formula is C8H5ClFIO. The SMILES string of the molecule is CC(=O)c1cc(F)c(I)c(Cl)c1. The van der Waals surface area contributed by atoms with Gasteiger partial charge >= 0.3 is 0 Å². The average molecular weight is 298 g/mol. The zero-order chi connectivity index (χ0) is 9.30. The first-order valence-electron chi connectivity index (χ1n) is 3.18. The summed E-state index contributed by atoms with van der Waals surface area (Å²) in [6.45, 7) is 1.37. The summed E-state index contributed by atoms with van der Waals surface area (Å²) in [5.74, 6) is -0.638. The van der Waals surface area contributed by atoms with Crippen molar-refractivity contribution in [3.8, 4) is 0 Å². The van der Waals surface area contributed by atoms with E-state index in [2.05, 4.69) is 0 Å². The molecule has 0 radical (unpaired) electrons. The molecule has 0 fully saturated rings. The van der Waals surface area contributed by atoms with Crippen molar-refractivity contribution in [3.63, 3.8) is 0 Å². The summed E-state index contributed by atoms with van der Waals surface area (Å²) in [4.78, 5) is 10.8. The summed E-state index contributed by atoms with van der Waals surface area (Å²) in [5, 5.41) is 0.279. The molecule has 0 aromatic heterocycles. The highest BCUT2D eigenvalue weighted by atomic mass is 127. The summed E-state index contributed by atoms with van der Waals surface area (Å²) in [5.41, 5.74) is 0.304. The van der Waals surface area contributed by atoms with Gasteiger partial charge in [-0.25, -0.2) is 4.39 Å². The molecule has 0 amide bonds. The van der Waals surface area contributed by atoms with Crippen molar-refractivity contribution in [3.05, 3.63) is 32.1 Å². The van der Waals surface area contributed by atoms with Crippen molar-refractivity contribution in [2.75, 3.05) is 0 Å². The molecule has 1 rings (SSSR count). The van der Waals surface area contributed by atoms with Gasteiger partial charge in [0.2, 0.25) is 0 Å². The number of hydrogen-bond donors (Lipinski definition) is 0. The van der Waals surface area contributed by atoms with Crippen molar-refractivity contribution in [1.29, 1.82) is 0 Å². The first-order valence-corrected chi connectivity index (χ1v) is 4.63. The number of benzene rings is 1. The van der Waals surface area contributed by atoms with Gasteiger partial charge in [-0.2, -0.15) is 0 Å². The number of ketones is 1. The van der Waals surface area contributed by atoms with E-state index in [0.717, 1.165) is 0 Å². The summed E-state index contributed by atoms with van der Waals surface area (Å²) in [7, 11) is 0. The normalized spacial score (nSPS) is 10.0. The van der Waals surface area contributed by atoms with Crippen LogP contribution in [0, 0.1) is 9.39 Å². The molecule has 0 spiro atoms. The van der Waals surface area contributed by atoms with Gasteiger partial charge in [0, 0.05) is 5.56 Å². The molecule has 4 heteroatoms. The molecule has 1 aromatic rings. The van der Waals surface area contributed by atoms with Crippen molar-refractivity contribution in [2.24, 2.45) is 0 Å². The molecule has 12 heavy (non-hydrogen) atoms. The maximum Gasteiger partial charge on any atom is 0.159 e. The smallest absolute Gasteiger partial charge is 0.159 e. The molecule has 0 saturated heterocycles. The molecular weight excluding hydrogens is 293 g/mol. The Hall–Kier alpha value is -0.160. The first-order chi connectivity index (χ1) is 5.52. The predicted molar refractivity (Wildman–Crippen MR) is 54.1 cm³/mol. The van der Waals surface area contributed by atoms with Crippen molar-refractivity contribution in [1.82, 2.24) is 0 Å². The third kappa shape index (κ3) is 1.95. The highest BCUT2D eigenvalue weighted by molar-refractivity contribution is 14.1. The van der Waals surface area contributed by atoms with Gasteiger partial charge in [0.1, 0.15) is 5.82 Å². The number of carbonyl (C=O) groups excluding carboxylic acids is 1. The van der Waals surface area contributed by atoms with Gasteiger partial charge in [-0.15, -0.1) is 0 Å². The van der Waals surface area contributed by atoms with Crippen LogP contribution in [0.25, 0.3) is 0 Å². The van der Waals surface area contributed by atoms with E-state index in [-0.39, 0.29) is 10.8 Å². The fourth-order valence-corrected chi connectivity index (χ4v) is 1.28. The van der Waals surface area contributed by atoms with Gasteiger partial charge in [0.15, 0.2) is 5.78 Å². The molecule has 64 valence electrons. The van der Waals surface area contributed by atoms with Crippen LogP contribution in [-0.4, -0.2) is 5.78 Å². The van der Waals surface area contributed by atoms with Crippen molar-refractivity contribution >= 4 is 40.0 Å². The van der Waals surface area contributed by atoms with Gasteiger partial charge in [0.05, 0.1) is 8.59 Å². The van der Waals surface area contributed by atoms with Gasteiger partial charge in [-0.05, 0) is 41.6 Å². The average Bonchev–Trinajstić information content (AvgIpc) is 1.99. The predicted octanol–water partition coefficient (Wildman–Crippen LogP) is 3.29. The Balaban J connectivity index is 3.31. The number of Topliss-reactive ketones (excluding diaryl/α,β-unsaturated/α-hetero) is 1. The van der Waals surface area contributed by atoms with Crippen molar-refractivity contribution < 1.29 is 9.18 Å². The standard InChI is InChI=1S/C8H5ClFIO/c1-4(12)5-2-6(9)8(11)7(10)3-5/h2-3H,1H3. The van der Waals surface area contributed by atoms with Gasteiger partial charge < -0.3 is 0 Å². The van der Waals surface area contributed by atoms with E-state index >= 15 is 0 Å². The van der Waals surface area contributed by atoms with Crippen LogP contribution in [-0.2, 0) is 0 Å². The minimum Gasteiger partial charge on any atom is -0.295 e. The quantitative estimate of drug-likeness (QED) is 0.442. The van der Waals surface area contributed by atoms with E-state index < -0.39 is 5.82 Å². The van der Waals surface area contributed by atoms with Crippen LogP contribution in [0.3, 0.4) is 0 Å². The van der Waals surface area contributed by atoms with E-state index in [1.165, 1.54) is 19.1 Å². The Morgan fingerprint density at radius 1 is 1.58 bits per heavy atom.